The van der Waals surface area contributed by atoms with Crippen molar-refractivity contribution in [3.8, 4) is 0 Å². The first kappa shape index (κ1) is 33.2. The van der Waals surface area contributed by atoms with Crippen molar-refractivity contribution in [1.82, 2.24) is 24.6 Å². The van der Waals surface area contributed by atoms with E-state index in [0.717, 1.165) is 6.07 Å². The van der Waals surface area contributed by atoms with E-state index in [9.17, 15) is 22.4 Å². The molecule has 0 radical (unpaired) electrons. The fourth-order valence-corrected chi connectivity index (χ4v) is 7.46. The highest BCUT2D eigenvalue weighted by Gasteiger charge is 2.43. The minimum Gasteiger partial charge on any atom is -0.466 e. The number of benzene rings is 1. The van der Waals surface area contributed by atoms with E-state index in [1.807, 2.05) is 4.72 Å². The van der Waals surface area contributed by atoms with Crippen LogP contribution in [-0.2, 0) is 29.2 Å². The minimum absolute atomic E-state index is 0.100. The number of hydrogen-bond donors (Lipinski definition) is 3. The molecule has 3 aliphatic heterocycles. The van der Waals surface area contributed by atoms with Crippen LogP contribution in [0.15, 0.2) is 46.0 Å². The molecule has 45 heavy (non-hydrogen) atoms. The molecule has 2 aromatic rings. The van der Waals surface area contributed by atoms with E-state index in [4.69, 9.17) is 30.8 Å². The zero-order valence-corrected chi connectivity index (χ0v) is 27.4. The van der Waals surface area contributed by atoms with Gasteiger partial charge in [0.15, 0.2) is 10.8 Å². The normalized spacial score (nSPS) is 24.0. The number of nitrogens with zero attached hydrogens (tertiary/aromatic N) is 3. The summed E-state index contributed by atoms with van der Waals surface area (Å²) in [5.41, 5.74) is 0.250. The van der Waals surface area contributed by atoms with Crippen molar-refractivity contribution in [3.63, 3.8) is 0 Å². The van der Waals surface area contributed by atoms with E-state index in [0.29, 0.717) is 48.2 Å². The number of amidine groups is 1. The zero-order chi connectivity index (χ0) is 32.5. The number of morpholine rings is 1. The number of methoxy groups -OCH3 is 1. The van der Waals surface area contributed by atoms with Crippen molar-refractivity contribution in [2.24, 2.45) is 4.99 Å². The second kappa shape index (κ2) is 13.3. The molecule has 4 atom stereocenters. The number of halogens is 2. The fraction of sp³-hybridized carbons (Fsp3) is 0.500. The van der Waals surface area contributed by atoms with Crippen LogP contribution in [0.25, 0.3) is 0 Å². The maximum Gasteiger partial charge on any atom is 0.422 e. The SMILES string of the molecule is COC(=O)C1=C(CN2[C@@H]3COC[C@H]2C[C@@H](NS(=O)(=O)NC(=O)OC(C)(C)C)C3)NC(c2nccs2)=N[C@H]1c1ccc(F)cc1Cl. The van der Waals surface area contributed by atoms with Gasteiger partial charge in [0, 0.05) is 52.5 Å². The van der Waals surface area contributed by atoms with E-state index < -0.39 is 45.8 Å². The number of aliphatic imine (C=N–C) groups is 1. The van der Waals surface area contributed by atoms with Gasteiger partial charge in [-0.25, -0.2) is 23.7 Å². The minimum atomic E-state index is -4.21. The highest BCUT2D eigenvalue weighted by Crippen LogP contribution is 2.38. The molecule has 2 bridgehead atoms. The third-order valence-electron chi connectivity index (χ3n) is 7.37. The predicted molar refractivity (Wildman–Crippen MR) is 165 cm³/mol. The number of carbonyl (C=O) groups is 2. The molecule has 0 aliphatic carbocycles. The van der Waals surface area contributed by atoms with Crippen molar-refractivity contribution in [1.29, 1.82) is 0 Å². The Balaban J connectivity index is 1.42. The van der Waals surface area contributed by atoms with Gasteiger partial charge in [-0.3, -0.25) is 9.89 Å². The Morgan fingerprint density at radius 3 is 2.56 bits per heavy atom. The number of hydrogen-bond acceptors (Lipinski definition) is 12. The second-order valence-electron chi connectivity index (χ2n) is 11.8. The molecule has 13 nitrogen and oxygen atoms in total. The molecule has 3 N–H and O–H groups in total. The van der Waals surface area contributed by atoms with Crippen molar-refractivity contribution in [3.05, 3.63) is 62.5 Å². The maximum atomic E-state index is 14.0. The average Bonchev–Trinajstić information content (AvgIpc) is 3.46. The number of nitrogens with one attached hydrogen (secondary N) is 3. The summed E-state index contributed by atoms with van der Waals surface area (Å²) in [6, 6.07) is 2.01. The van der Waals surface area contributed by atoms with Gasteiger partial charge in [-0.15, -0.1) is 11.3 Å². The number of rotatable bonds is 8. The molecule has 0 saturated carbocycles. The second-order valence-corrected chi connectivity index (χ2v) is 14.6. The summed E-state index contributed by atoms with van der Waals surface area (Å²) in [5, 5.41) is 5.76. The van der Waals surface area contributed by atoms with Crippen LogP contribution in [0.4, 0.5) is 9.18 Å². The molecule has 1 aromatic carbocycles. The standard InChI is InChI=1S/C28H34ClFN6O7S2/c1-28(2,3)43-27(38)35-45(39,40)34-16-10-17-13-42-14-18(11-16)36(17)12-21-22(26(37)41-4)23(19-6-5-15(30)9-20(19)29)33-24(32-21)25-31-7-8-44-25/h5-9,16-18,23,34H,10-14H2,1-4H3,(H,32,33)(H,35,38)/t16-,17-,18+,23-/m0/s1. The highest BCUT2D eigenvalue weighted by molar-refractivity contribution is 7.88. The van der Waals surface area contributed by atoms with Gasteiger partial charge in [0.25, 0.3) is 0 Å². The van der Waals surface area contributed by atoms with Crippen molar-refractivity contribution in [2.75, 3.05) is 26.9 Å². The molecule has 0 unspecified atom stereocenters. The summed E-state index contributed by atoms with van der Waals surface area (Å²) >= 11 is 7.82. The summed E-state index contributed by atoms with van der Waals surface area (Å²) in [7, 11) is -2.94. The summed E-state index contributed by atoms with van der Waals surface area (Å²) in [4.78, 5) is 36.7. The van der Waals surface area contributed by atoms with Crippen molar-refractivity contribution >= 4 is 51.0 Å². The van der Waals surface area contributed by atoms with E-state index in [1.165, 1.54) is 30.6 Å². The fourth-order valence-electron chi connectivity index (χ4n) is 5.65. The summed E-state index contributed by atoms with van der Waals surface area (Å²) < 4.78 is 60.0. The number of thiazole rings is 1. The molecular formula is C28H34ClFN6O7S2. The van der Waals surface area contributed by atoms with Crippen LogP contribution in [0.2, 0.25) is 5.02 Å². The van der Waals surface area contributed by atoms with Gasteiger partial charge in [0.2, 0.25) is 0 Å². The number of aromatic nitrogens is 1. The number of carbonyl (C=O) groups excluding carboxylic acids is 2. The lowest BCUT2D eigenvalue weighted by Crippen LogP contribution is -2.62. The molecule has 1 aromatic heterocycles. The Labute approximate surface area is 269 Å². The molecule has 3 aliphatic rings. The van der Waals surface area contributed by atoms with Gasteiger partial charge >= 0.3 is 22.3 Å². The van der Waals surface area contributed by atoms with E-state index >= 15 is 0 Å². The molecular weight excluding hydrogens is 651 g/mol. The molecule has 2 saturated heterocycles. The Hall–Kier alpha value is -3.15. The van der Waals surface area contributed by atoms with Crippen LogP contribution in [0.5, 0.6) is 0 Å². The zero-order valence-electron chi connectivity index (χ0n) is 25.0. The number of esters is 1. The van der Waals surface area contributed by atoms with E-state index in [2.05, 4.69) is 19.9 Å². The number of amides is 1. The largest absolute Gasteiger partial charge is 0.466 e. The molecule has 2 fully saturated rings. The lowest BCUT2D eigenvalue weighted by atomic mass is 9.89. The Kier molecular flexibility index (Phi) is 9.82. The molecule has 17 heteroatoms. The van der Waals surface area contributed by atoms with Crippen LogP contribution in [0.3, 0.4) is 0 Å². The predicted octanol–water partition coefficient (Wildman–Crippen LogP) is 3.04. The van der Waals surface area contributed by atoms with Gasteiger partial charge < -0.3 is 19.5 Å². The first-order valence-electron chi connectivity index (χ1n) is 14.1. The Morgan fingerprint density at radius 1 is 1.24 bits per heavy atom. The van der Waals surface area contributed by atoms with Gasteiger partial charge in [0.1, 0.15) is 17.5 Å². The third-order valence-corrected chi connectivity index (χ3v) is 9.56. The lowest BCUT2D eigenvalue weighted by Gasteiger charge is -2.49. The topological polar surface area (TPSA) is 161 Å². The number of ether oxygens (including phenoxy) is 3. The summed E-state index contributed by atoms with van der Waals surface area (Å²) in [6.07, 6.45) is 1.30. The smallest absolute Gasteiger partial charge is 0.422 e. The highest BCUT2D eigenvalue weighted by atomic mass is 35.5. The van der Waals surface area contributed by atoms with Crippen molar-refractivity contribution in [2.45, 2.75) is 63.4 Å². The van der Waals surface area contributed by atoms with Crippen LogP contribution < -0.4 is 14.8 Å². The Bertz CT molecular complexity index is 1600. The maximum absolute atomic E-state index is 14.0. The van der Waals surface area contributed by atoms with Gasteiger partial charge in [-0.05, 0) is 45.7 Å². The van der Waals surface area contributed by atoms with Gasteiger partial charge in [0.05, 0.1) is 25.9 Å². The number of fused-ring (bicyclic) bond motifs is 2. The van der Waals surface area contributed by atoms with Gasteiger partial charge in [-0.2, -0.15) is 13.1 Å². The van der Waals surface area contributed by atoms with Crippen LogP contribution >= 0.6 is 22.9 Å². The monoisotopic (exact) mass is 684 g/mol. The first-order chi connectivity index (χ1) is 21.2. The quantitative estimate of drug-likeness (QED) is 0.353. The Morgan fingerprint density at radius 2 is 1.96 bits per heavy atom. The van der Waals surface area contributed by atoms with E-state index in [1.54, 1.807) is 32.3 Å². The average molecular weight is 685 g/mol. The van der Waals surface area contributed by atoms with Gasteiger partial charge in [-0.1, -0.05) is 17.7 Å². The molecule has 1 amide bonds. The molecule has 4 heterocycles. The van der Waals surface area contributed by atoms with Crippen molar-refractivity contribution < 1.29 is 36.6 Å². The summed E-state index contributed by atoms with van der Waals surface area (Å²) in [6.45, 7) is 5.76. The van der Waals surface area contributed by atoms with Crippen LogP contribution in [-0.4, -0.2) is 86.8 Å². The number of piperidine rings is 1. The van der Waals surface area contributed by atoms with E-state index in [-0.39, 0.29) is 29.2 Å². The first-order valence-corrected chi connectivity index (χ1v) is 16.8. The molecule has 5 rings (SSSR count). The summed E-state index contributed by atoms with van der Waals surface area (Å²) in [5.74, 6) is -0.754. The van der Waals surface area contributed by atoms with Crippen LogP contribution in [0.1, 0.15) is 50.2 Å². The molecule has 0 spiro atoms. The van der Waals surface area contributed by atoms with Crippen LogP contribution in [0, 0.1) is 5.82 Å². The molecule has 244 valence electrons. The lowest BCUT2D eigenvalue weighted by molar-refractivity contribution is -0.136. The third kappa shape index (κ3) is 7.99.